The molecule has 0 saturated heterocycles. The minimum absolute atomic E-state index is 0.153. The monoisotopic (exact) mass is 188 g/mol. The molecule has 0 amide bonds. The molecule has 0 aliphatic rings. The molecule has 0 bridgehead atoms. The molecule has 0 nitrogen and oxygen atoms in total. The van der Waals surface area contributed by atoms with Gasteiger partial charge in [0.1, 0.15) is 0 Å². The maximum atomic E-state index is 4.18. The molecule has 0 unspecified atom stereocenters. The number of rotatable bonds is 1. The van der Waals surface area contributed by atoms with Gasteiger partial charge in [0.15, 0.2) is 0 Å². The van der Waals surface area contributed by atoms with Gasteiger partial charge < -0.3 is 0 Å². The molecular weight excluding hydrogens is 168 g/mol. The van der Waals surface area contributed by atoms with Crippen LogP contribution in [0.15, 0.2) is 24.8 Å². The first kappa shape index (κ1) is 11.0. The van der Waals surface area contributed by atoms with Crippen molar-refractivity contribution in [2.45, 2.75) is 34.6 Å². The van der Waals surface area contributed by atoms with E-state index in [1.54, 1.807) is 0 Å². The van der Waals surface area contributed by atoms with Crippen molar-refractivity contribution in [2.24, 2.45) is 5.41 Å². The minimum atomic E-state index is 0.153. The molecule has 0 aliphatic carbocycles. The van der Waals surface area contributed by atoms with E-state index in [0.29, 0.717) is 0 Å². The zero-order valence-corrected chi connectivity index (χ0v) is 9.94. The zero-order valence-electron chi connectivity index (χ0n) is 9.94. The van der Waals surface area contributed by atoms with Crippen LogP contribution < -0.4 is 0 Å². The van der Waals surface area contributed by atoms with Crippen molar-refractivity contribution in [3.8, 4) is 0 Å². The van der Waals surface area contributed by atoms with E-state index < -0.39 is 0 Å². The standard InChI is InChI=1S/C14H20/c1-10-7-11(2)9-13(8-10)12(3)14(4,5)6/h7-9H,3H2,1-2,4-6H3. The topological polar surface area (TPSA) is 0 Å². The summed E-state index contributed by atoms with van der Waals surface area (Å²) in [5.41, 5.74) is 5.26. The summed E-state index contributed by atoms with van der Waals surface area (Å²) in [5.74, 6) is 0. The summed E-state index contributed by atoms with van der Waals surface area (Å²) < 4.78 is 0. The second kappa shape index (κ2) is 3.61. The highest BCUT2D eigenvalue weighted by molar-refractivity contribution is 5.68. The van der Waals surface area contributed by atoms with Gasteiger partial charge in [0, 0.05) is 0 Å². The molecule has 1 aromatic carbocycles. The molecule has 0 N–H and O–H groups in total. The van der Waals surface area contributed by atoms with E-state index in [4.69, 9.17) is 0 Å². The van der Waals surface area contributed by atoms with Crippen molar-refractivity contribution < 1.29 is 0 Å². The predicted octanol–water partition coefficient (Wildman–Crippen LogP) is 4.36. The van der Waals surface area contributed by atoms with Gasteiger partial charge in [0.25, 0.3) is 0 Å². The molecule has 1 rings (SSSR count). The SMILES string of the molecule is C=C(c1cc(C)cc(C)c1)C(C)(C)C. The normalized spacial score (nSPS) is 11.5. The van der Waals surface area contributed by atoms with Gasteiger partial charge in [-0.1, -0.05) is 56.7 Å². The van der Waals surface area contributed by atoms with Crippen LogP contribution in [0.5, 0.6) is 0 Å². The predicted molar refractivity (Wildman–Crippen MR) is 64.4 cm³/mol. The van der Waals surface area contributed by atoms with Crippen LogP contribution in [0.1, 0.15) is 37.5 Å². The maximum Gasteiger partial charge on any atom is -0.0132 e. The number of hydrogen-bond acceptors (Lipinski definition) is 0. The van der Waals surface area contributed by atoms with Gasteiger partial charge in [-0.25, -0.2) is 0 Å². The van der Waals surface area contributed by atoms with Gasteiger partial charge in [0.05, 0.1) is 0 Å². The summed E-state index contributed by atoms with van der Waals surface area (Å²) in [6.07, 6.45) is 0. The van der Waals surface area contributed by atoms with Crippen LogP contribution in [0.3, 0.4) is 0 Å². The largest absolute Gasteiger partial charge is 0.0947 e. The Morgan fingerprint density at radius 1 is 1.00 bits per heavy atom. The van der Waals surface area contributed by atoms with Crippen LogP contribution in [0, 0.1) is 19.3 Å². The van der Waals surface area contributed by atoms with Crippen LogP contribution in [0.25, 0.3) is 5.57 Å². The van der Waals surface area contributed by atoms with Crippen molar-refractivity contribution in [2.75, 3.05) is 0 Å². The van der Waals surface area contributed by atoms with Gasteiger partial charge in [-0.3, -0.25) is 0 Å². The Hall–Kier alpha value is -1.04. The first-order valence-electron chi connectivity index (χ1n) is 5.09. The fourth-order valence-corrected chi connectivity index (χ4v) is 1.58. The van der Waals surface area contributed by atoms with Gasteiger partial charge >= 0.3 is 0 Å². The molecule has 0 radical (unpaired) electrons. The Morgan fingerprint density at radius 2 is 1.43 bits per heavy atom. The Kier molecular flexibility index (Phi) is 2.84. The molecule has 0 fully saturated rings. The Morgan fingerprint density at radius 3 is 1.79 bits per heavy atom. The third-order valence-electron chi connectivity index (χ3n) is 2.48. The van der Waals surface area contributed by atoms with E-state index in [0.717, 1.165) is 0 Å². The summed E-state index contributed by atoms with van der Waals surface area (Å²) >= 11 is 0. The average molecular weight is 188 g/mol. The fraction of sp³-hybridized carbons (Fsp3) is 0.429. The minimum Gasteiger partial charge on any atom is -0.0947 e. The Labute approximate surface area is 87.7 Å². The molecule has 0 saturated carbocycles. The highest BCUT2D eigenvalue weighted by Crippen LogP contribution is 2.32. The Balaban J connectivity index is 3.14. The number of allylic oxidation sites excluding steroid dienone is 1. The lowest BCUT2D eigenvalue weighted by Crippen LogP contribution is -2.07. The van der Waals surface area contributed by atoms with Gasteiger partial charge in [0.2, 0.25) is 0 Å². The second-order valence-electron chi connectivity index (χ2n) is 5.10. The van der Waals surface area contributed by atoms with Crippen LogP contribution in [0.2, 0.25) is 0 Å². The van der Waals surface area contributed by atoms with Gasteiger partial charge in [-0.15, -0.1) is 0 Å². The molecular formula is C14H20. The summed E-state index contributed by atoms with van der Waals surface area (Å²) in [7, 11) is 0. The molecule has 0 aliphatic heterocycles. The van der Waals surface area contributed by atoms with Crippen molar-refractivity contribution in [1.29, 1.82) is 0 Å². The molecule has 1 aromatic rings. The third-order valence-corrected chi connectivity index (χ3v) is 2.48. The lowest BCUT2D eigenvalue weighted by Gasteiger charge is -2.22. The van der Waals surface area contributed by atoms with Crippen molar-refractivity contribution >= 4 is 5.57 Å². The van der Waals surface area contributed by atoms with E-state index in [1.807, 2.05) is 0 Å². The maximum absolute atomic E-state index is 4.18. The van der Waals surface area contributed by atoms with E-state index in [-0.39, 0.29) is 5.41 Å². The summed E-state index contributed by atoms with van der Waals surface area (Å²) in [6, 6.07) is 6.61. The summed E-state index contributed by atoms with van der Waals surface area (Å²) in [6.45, 7) is 15.0. The summed E-state index contributed by atoms with van der Waals surface area (Å²) in [5, 5.41) is 0. The summed E-state index contributed by atoms with van der Waals surface area (Å²) in [4.78, 5) is 0. The van der Waals surface area contributed by atoms with E-state index in [9.17, 15) is 0 Å². The smallest absolute Gasteiger partial charge is 0.0132 e. The average Bonchev–Trinajstić information content (AvgIpc) is 1.99. The first-order chi connectivity index (χ1) is 6.30. The fourth-order valence-electron chi connectivity index (χ4n) is 1.58. The number of benzene rings is 1. The quantitative estimate of drug-likeness (QED) is 0.614. The van der Waals surface area contributed by atoms with E-state index in [1.165, 1.54) is 22.3 Å². The number of aryl methyl sites for hydroxylation is 2. The first-order valence-corrected chi connectivity index (χ1v) is 5.09. The highest BCUT2D eigenvalue weighted by Gasteiger charge is 2.16. The lowest BCUT2D eigenvalue weighted by molar-refractivity contribution is 0.568. The molecule has 0 aromatic heterocycles. The highest BCUT2D eigenvalue weighted by atomic mass is 14.2. The lowest BCUT2D eigenvalue weighted by atomic mass is 9.82. The second-order valence-corrected chi connectivity index (χ2v) is 5.10. The molecule has 14 heavy (non-hydrogen) atoms. The van der Waals surface area contributed by atoms with Crippen molar-refractivity contribution in [3.63, 3.8) is 0 Å². The molecule has 0 heteroatoms. The van der Waals surface area contributed by atoms with Gasteiger partial charge in [-0.2, -0.15) is 0 Å². The molecule has 0 atom stereocenters. The van der Waals surface area contributed by atoms with E-state index >= 15 is 0 Å². The zero-order chi connectivity index (χ0) is 10.9. The molecule has 0 spiro atoms. The van der Waals surface area contributed by atoms with Crippen LogP contribution in [0.4, 0.5) is 0 Å². The van der Waals surface area contributed by atoms with E-state index in [2.05, 4.69) is 59.4 Å². The van der Waals surface area contributed by atoms with Crippen LogP contribution >= 0.6 is 0 Å². The molecule has 76 valence electrons. The van der Waals surface area contributed by atoms with Gasteiger partial charge in [-0.05, 0) is 30.4 Å². The van der Waals surface area contributed by atoms with Crippen LogP contribution in [-0.2, 0) is 0 Å². The Bertz CT molecular complexity index is 331. The molecule has 0 heterocycles. The van der Waals surface area contributed by atoms with Crippen molar-refractivity contribution in [1.82, 2.24) is 0 Å². The number of hydrogen-bond donors (Lipinski definition) is 0. The van der Waals surface area contributed by atoms with Crippen LogP contribution in [-0.4, -0.2) is 0 Å². The third kappa shape index (κ3) is 2.47. The van der Waals surface area contributed by atoms with Crippen molar-refractivity contribution in [3.05, 3.63) is 41.5 Å².